The molecule has 0 saturated heterocycles. The molecule has 3 N–H and O–H groups in total. The van der Waals surface area contributed by atoms with Gasteiger partial charge >= 0.3 is 5.97 Å². The van der Waals surface area contributed by atoms with Crippen LogP contribution in [-0.2, 0) is 16.0 Å². The van der Waals surface area contributed by atoms with E-state index >= 15 is 0 Å². The second-order valence-corrected chi connectivity index (χ2v) is 6.76. The predicted molar refractivity (Wildman–Crippen MR) is 103 cm³/mol. The molecule has 0 unspecified atom stereocenters. The zero-order valence-corrected chi connectivity index (χ0v) is 15.2. The zero-order chi connectivity index (χ0) is 20.5. The Hall–Kier alpha value is -3.94. The Kier molecular flexibility index (Phi) is 4.59. The lowest BCUT2D eigenvalue weighted by Crippen LogP contribution is -2.47. The highest BCUT2D eigenvalue weighted by atomic mass is 16.4. The van der Waals surface area contributed by atoms with Gasteiger partial charge in [0, 0.05) is 23.5 Å². The number of nitrogens with zero attached hydrogens (tertiary/aromatic N) is 1. The van der Waals surface area contributed by atoms with Crippen molar-refractivity contribution in [1.29, 1.82) is 0 Å². The van der Waals surface area contributed by atoms with Crippen LogP contribution in [0.25, 0.3) is 10.9 Å². The van der Waals surface area contributed by atoms with Gasteiger partial charge in [-0.25, -0.2) is 4.79 Å². The Morgan fingerprint density at radius 3 is 2.28 bits per heavy atom. The molecular formula is C21H17N3O5. The van der Waals surface area contributed by atoms with E-state index in [0.29, 0.717) is 0 Å². The smallest absolute Gasteiger partial charge is 0.326 e. The van der Waals surface area contributed by atoms with Crippen molar-refractivity contribution in [2.75, 3.05) is 6.54 Å². The quantitative estimate of drug-likeness (QED) is 0.551. The van der Waals surface area contributed by atoms with Crippen LogP contribution < -0.4 is 5.32 Å². The van der Waals surface area contributed by atoms with Crippen LogP contribution in [0.2, 0.25) is 0 Å². The number of fused-ring (bicyclic) bond motifs is 2. The number of H-pyrrole nitrogens is 1. The number of aromatic nitrogens is 1. The van der Waals surface area contributed by atoms with Crippen LogP contribution in [0.4, 0.5) is 0 Å². The molecule has 0 radical (unpaired) electrons. The molecule has 3 aromatic rings. The number of carboxylic acid groups (broad SMARTS) is 1. The molecule has 8 nitrogen and oxygen atoms in total. The molecule has 0 bridgehead atoms. The van der Waals surface area contributed by atoms with Gasteiger partial charge in [0.2, 0.25) is 5.91 Å². The number of aliphatic carboxylic acids is 1. The number of carboxylic acids is 1. The Morgan fingerprint density at radius 1 is 1.00 bits per heavy atom. The molecular weight excluding hydrogens is 374 g/mol. The highest BCUT2D eigenvalue weighted by Gasteiger charge is 2.36. The van der Waals surface area contributed by atoms with Gasteiger partial charge < -0.3 is 15.4 Å². The average molecular weight is 391 g/mol. The van der Waals surface area contributed by atoms with Gasteiger partial charge in [-0.05, 0) is 23.8 Å². The first kappa shape index (κ1) is 18.4. The molecule has 0 spiro atoms. The van der Waals surface area contributed by atoms with E-state index in [2.05, 4.69) is 10.3 Å². The second kappa shape index (κ2) is 7.23. The van der Waals surface area contributed by atoms with Crippen molar-refractivity contribution >= 4 is 34.6 Å². The summed E-state index contributed by atoms with van der Waals surface area (Å²) in [7, 11) is 0. The van der Waals surface area contributed by atoms with Gasteiger partial charge in [-0.3, -0.25) is 19.3 Å². The summed E-state index contributed by atoms with van der Waals surface area (Å²) in [5, 5.41) is 12.8. The van der Waals surface area contributed by atoms with Crippen LogP contribution in [-0.4, -0.2) is 51.3 Å². The number of rotatable bonds is 6. The van der Waals surface area contributed by atoms with E-state index in [0.717, 1.165) is 21.4 Å². The van der Waals surface area contributed by atoms with E-state index in [9.17, 15) is 24.3 Å². The maximum Gasteiger partial charge on any atom is 0.326 e. The second-order valence-electron chi connectivity index (χ2n) is 6.76. The minimum Gasteiger partial charge on any atom is -0.480 e. The van der Waals surface area contributed by atoms with E-state index in [1.807, 2.05) is 24.3 Å². The summed E-state index contributed by atoms with van der Waals surface area (Å²) in [4.78, 5) is 52.7. The topological polar surface area (TPSA) is 120 Å². The Bertz CT molecular complexity index is 1110. The van der Waals surface area contributed by atoms with Gasteiger partial charge in [-0.15, -0.1) is 0 Å². The van der Waals surface area contributed by atoms with Crippen molar-refractivity contribution < 1.29 is 24.3 Å². The zero-order valence-electron chi connectivity index (χ0n) is 15.2. The Balaban J connectivity index is 1.47. The molecule has 1 aliphatic rings. The van der Waals surface area contributed by atoms with Crippen molar-refractivity contribution in [3.8, 4) is 0 Å². The molecule has 1 aliphatic heterocycles. The number of hydrogen-bond acceptors (Lipinski definition) is 4. The van der Waals surface area contributed by atoms with Gasteiger partial charge in [0.15, 0.2) is 0 Å². The SMILES string of the molecule is O=C(CN1C(=O)c2ccccc2C1=O)N[C@@H](Cc1c[nH]c2ccccc12)C(=O)O. The first-order valence-electron chi connectivity index (χ1n) is 8.98. The minimum atomic E-state index is -1.20. The molecule has 1 atom stereocenters. The number of benzene rings is 2. The van der Waals surface area contributed by atoms with Gasteiger partial charge in [0.05, 0.1) is 11.1 Å². The van der Waals surface area contributed by atoms with Crippen molar-refractivity contribution in [2.24, 2.45) is 0 Å². The highest BCUT2D eigenvalue weighted by Crippen LogP contribution is 2.22. The van der Waals surface area contributed by atoms with Crippen LogP contribution in [0.1, 0.15) is 26.3 Å². The van der Waals surface area contributed by atoms with Crippen molar-refractivity contribution in [3.63, 3.8) is 0 Å². The molecule has 0 aliphatic carbocycles. The van der Waals surface area contributed by atoms with Gasteiger partial charge in [-0.2, -0.15) is 0 Å². The van der Waals surface area contributed by atoms with Gasteiger partial charge in [0.1, 0.15) is 12.6 Å². The van der Waals surface area contributed by atoms with Crippen LogP contribution >= 0.6 is 0 Å². The van der Waals surface area contributed by atoms with Crippen LogP contribution in [0.3, 0.4) is 0 Å². The van der Waals surface area contributed by atoms with E-state index in [-0.39, 0.29) is 17.5 Å². The summed E-state index contributed by atoms with van der Waals surface area (Å²) >= 11 is 0. The third-order valence-electron chi connectivity index (χ3n) is 4.91. The third kappa shape index (κ3) is 3.36. The predicted octanol–water partition coefficient (Wildman–Crippen LogP) is 1.58. The highest BCUT2D eigenvalue weighted by molar-refractivity contribution is 6.22. The molecule has 146 valence electrons. The minimum absolute atomic E-state index is 0.0627. The number of carbonyl (C=O) groups is 4. The third-order valence-corrected chi connectivity index (χ3v) is 4.91. The summed E-state index contributed by atoms with van der Waals surface area (Å²) in [5.74, 6) is -3.05. The fourth-order valence-corrected chi connectivity index (χ4v) is 3.49. The van der Waals surface area contributed by atoms with Crippen molar-refractivity contribution in [1.82, 2.24) is 15.2 Å². The maximum atomic E-state index is 12.4. The van der Waals surface area contributed by atoms with Gasteiger partial charge in [0.25, 0.3) is 11.8 Å². The van der Waals surface area contributed by atoms with Crippen molar-refractivity contribution in [2.45, 2.75) is 12.5 Å². The number of nitrogens with one attached hydrogen (secondary N) is 2. The lowest BCUT2D eigenvalue weighted by atomic mass is 10.0. The molecule has 0 fully saturated rings. The Labute approximate surface area is 165 Å². The summed E-state index contributed by atoms with van der Waals surface area (Å²) in [5.41, 5.74) is 2.08. The molecule has 4 rings (SSSR count). The van der Waals surface area contributed by atoms with Crippen LogP contribution in [0.5, 0.6) is 0 Å². The largest absolute Gasteiger partial charge is 0.480 e. The number of para-hydroxylation sites is 1. The van der Waals surface area contributed by atoms with Crippen molar-refractivity contribution in [3.05, 3.63) is 71.4 Å². The molecule has 1 aromatic heterocycles. The van der Waals surface area contributed by atoms with Crippen LogP contribution in [0.15, 0.2) is 54.7 Å². The van der Waals surface area contributed by atoms with E-state index in [1.54, 1.807) is 18.3 Å². The summed E-state index contributed by atoms with van der Waals surface area (Å²) in [6, 6.07) is 12.5. The monoisotopic (exact) mass is 391 g/mol. The Morgan fingerprint density at radius 2 is 1.62 bits per heavy atom. The standard InChI is InChI=1S/C21H17N3O5/c25-18(11-24-19(26)14-6-1-2-7-15(14)20(24)27)23-17(21(28)29)9-12-10-22-16-8-4-3-5-13(12)16/h1-8,10,17,22H,9,11H2,(H,23,25)(H,28,29)/t17-/m0/s1. The fourth-order valence-electron chi connectivity index (χ4n) is 3.49. The fraction of sp³-hybridized carbons (Fsp3) is 0.143. The van der Waals surface area contributed by atoms with E-state index < -0.39 is 36.3 Å². The van der Waals surface area contributed by atoms with E-state index in [4.69, 9.17) is 0 Å². The molecule has 2 aromatic carbocycles. The molecule has 2 heterocycles. The average Bonchev–Trinajstić information content (AvgIpc) is 3.22. The maximum absolute atomic E-state index is 12.4. The summed E-state index contributed by atoms with van der Waals surface area (Å²) in [6.07, 6.45) is 1.77. The number of carbonyl (C=O) groups excluding carboxylic acids is 3. The molecule has 8 heteroatoms. The van der Waals surface area contributed by atoms with Gasteiger partial charge in [-0.1, -0.05) is 30.3 Å². The first-order chi connectivity index (χ1) is 14.0. The van der Waals surface area contributed by atoms with Crippen LogP contribution in [0, 0.1) is 0 Å². The number of imide groups is 1. The number of aromatic amines is 1. The van der Waals surface area contributed by atoms with E-state index in [1.165, 1.54) is 12.1 Å². The molecule has 0 saturated carbocycles. The lowest BCUT2D eigenvalue weighted by molar-refractivity contribution is -0.141. The molecule has 29 heavy (non-hydrogen) atoms. The number of amides is 3. The number of hydrogen-bond donors (Lipinski definition) is 3. The summed E-state index contributed by atoms with van der Waals surface area (Å²) in [6.45, 7) is -0.538. The molecule has 3 amide bonds. The summed E-state index contributed by atoms with van der Waals surface area (Å²) < 4.78 is 0. The normalized spacial score (nSPS) is 14.1. The lowest BCUT2D eigenvalue weighted by Gasteiger charge is -2.17. The first-order valence-corrected chi connectivity index (χ1v) is 8.98.